The zero-order valence-corrected chi connectivity index (χ0v) is 16.4. The summed E-state index contributed by atoms with van der Waals surface area (Å²) in [4.78, 5) is 25.6. The lowest BCUT2D eigenvalue weighted by atomic mass is 9.95. The van der Waals surface area contributed by atoms with E-state index in [-0.39, 0.29) is 11.5 Å². The first-order valence-electron chi connectivity index (χ1n) is 9.94. The SMILES string of the molecule is NCCCCCCNC(=O)c1c(-c2ccccc2)c(-c2ccccc2)n[nH]c1=O. The lowest BCUT2D eigenvalue weighted by molar-refractivity contribution is 0.0952. The summed E-state index contributed by atoms with van der Waals surface area (Å²) >= 11 is 0. The molecule has 3 aromatic rings. The van der Waals surface area contributed by atoms with E-state index in [1.807, 2.05) is 60.7 Å². The van der Waals surface area contributed by atoms with Crippen LogP contribution in [0, 0.1) is 0 Å². The molecule has 0 saturated carbocycles. The van der Waals surface area contributed by atoms with Crippen LogP contribution in [0.1, 0.15) is 36.0 Å². The predicted octanol–water partition coefficient (Wildman–Crippen LogP) is 3.35. The predicted molar refractivity (Wildman–Crippen MR) is 116 cm³/mol. The van der Waals surface area contributed by atoms with Crippen LogP contribution >= 0.6 is 0 Å². The Labute approximate surface area is 170 Å². The molecule has 0 aliphatic carbocycles. The Morgan fingerprint density at radius 1 is 0.897 bits per heavy atom. The summed E-state index contributed by atoms with van der Waals surface area (Å²) in [6.45, 7) is 1.20. The number of hydrogen-bond acceptors (Lipinski definition) is 4. The quantitative estimate of drug-likeness (QED) is 0.488. The lowest BCUT2D eigenvalue weighted by Gasteiger charge is -2.14. The zero-order chi connectivity index (χ0) is 20.5. The zero-order valence-electron chi connectivity index (χ0n) is 16.4. The van der Waals surface area contributed by atoms with Crippen LogP contribution in [0.4, 0.5) is 0 Å². The van der Waals surface area contributed by atoms with Crippen molar-refractivity contribution in [3.8, 4) is 22.4 Å². The summed E-state index contributed by atoms with van der Waals surface area (Å²) in [6, 6.07) is 18.9. The van der Waals surface area contributed by atoms with E-state index in [0.29, 0.717) is 24.3 Å². The third-order valence-electron chi connectivity index (χ3n) is 4.74. The minimum atomic E-state index is -0.496. The summed E-state index contributed by atoms with van der Waals surface area (Å²) < 4.78 is 0. The van der Waals surface area contributed by atoms with Crippen LogP contribution in [0.5, 0.6) is 0 Å². The van der Waals surface area contributed by atoms with Crippen molar-refractivity contribution in [2.75, 3.05) is 13.1 Å². The first-order chi connectivity index (χ1) is 14.2. The monoisotopic (exact) mass is 390 g/mol. The Bertz CT molecular complexity index is 985. The van der Waals surface area contributed by atoms with Gasteiger partial charge in [0, 0.05) is 17.7 Å². The van der Waals surface area contributed by atoms with Gasteiger partial charge in [0.05, 0.1) is 5.69 Å². The van der Waals surface area contributed by atoms with Crippen molar-refractivity contribution < 1.29 is 4.79 Å². The number of carbonyl (C=O) groups excluding carboxylic acids is 1. The maximum Gasteiger partial charge on any atom is 0.277 e. The van der Waals surface area contributed by atoms with Crippen LogP contribution in [-0.2, 0) is 0 Å². The van der Waals surface area contributed by atoms with Crippen molar-refractivity contribution in [1.82, 2.24) is 15.5 Å². The third kappa shape index (κ3) is 5.18. The van der Waals surface area contributed by atoms with Crippen LogP contribution in [-0.4, -0.2) is 29.2 Å². The van der Waals surface area contributed by atoms with Gasteiger partial charge < -0.3 is 11.1 Å². The molecule has 0 aliphatic heterocycles. The molecule has 4 N–H and O–H groups in total. The number of benzene rings is 2. The molecule has 1 amide bonds. The van der Waals surface area contributed by atoms with Gasteiger partial charge in [-0.25, -0.2) is 5.10 Å². The molecule has 6 nitrogen and oxygen atoms in total. The van der Waals surface area contributed by atoms with Crippen LogP contribution in [0.3, 0.4) is 0 Å². The molecule has 0 saturated heterocycles. The second-order valence-electron chi connectivity index (χ2n) is 6.84. The highest BCUT2D eigenvalue weighted by molar-refractivity contribution is 6.03. The van der Waals surface area contributed by atoms with Crippen LogP contribution in [0.2, 0.25) is 0 Å². The fourth-order valence-electron chi connectivity index (χ4n) is 3.27. The molecule has 3 rings (SSSR count). The third-order valence-corrected chi connectivity index (χ3v) is 4.74. The van der Waals surface area contributed by atoms with Gasteiger partial charge >= 0.3 is 0 Å². The minimum Gasteiger partial charge on any atom is -0.352 e. The van der Waals surface area contributed by atoms with E-state index in [9.17, 15) is 9.59 Å². The normalized spacial score (nSPS) is 10.7. The Hall–Kier alpha value is -3.25. The summed E-state index contributed by atoms with van der Waals surface area (Å²) in [6.07, 6.45) is 3.86. The van der Waals surface area contributed by atoms with Gasteiger partial charge in [-0.15, -0.1) is 0 Å². The number of nitrogens with zero attached hydrogens (tertiary/aromatic N) is 1. The molecular formula is C23H26N4O2. The summed E-state index contributed by atoms with van der Waals surface area (Å²) in [5.41, 5.74) is 7.82. The second-order valence-corrected chi connectivity index (χ2v) is 6.84. The summed E-state index contributed by atoms with van der Waals surface area (Å²) in [5.74, 6) is -0.386. The molecule has 0 bridgehead atoms. The van der Waals surface area contributed by atoms with Crippen LogP contribution in [0.25, 0.3) is 22.4 Å². The van der Waals surface area contributed by atoms with E-state index in [1.165, 1.54) is 0 Å². The van der Waals surface area contributed by atoms with E-state index in [1.54, 1.807) is 0 Å². The van der Waals surface area contributed by atoms with Crippen molar-refractivity contribution in [1.29, 1.82) is 0 Å². The standard InChI is InChI=1S/C23H26N4O2/c24-15-9-1-2-10-16-25-22(28)20-19(17-11-5-3-6-12-17)21(26-27-23(20)29)18-13-7-4-8-14-18/h3-8,11-14H,1-2,9-10,15-16,24H2,(H,25,28)(H,27,29). The molecule has 6 heteroatoms. The van der Waals surface area contributed by atoms with E-state index in [2.05, 4.69) is 15.5 Å². The van der Waals surface area contributed by atoms with Crippen LogP contribution in [0.15, 0.2) is 65.5 Å². The molecule has 0 unspecified atom stereocenters. The van der Waals surface area contributed by atoms with E-state index in [4.69, 9.17) is 5.73 Å². The van der Waals surface area contributed by atoms with Gasteiger partial charge in [-0.3, -0.25) is 9.59 Å². The molecule has 0 fully saturated rings. The maximum absolute atomic E-state index is 13.0. The first kappa shape index (κ1) is 20.5. The first-order valence-corrected chi connectivity index (χ1v) is 9.94. The number of amides is 1. The molecule has 0 radical (unpaired) electrons. The highest BCUT2D eigenvalue weighted by atomic mass is 16.2. The molecule has 0 atom stereocenters. The highest BCUT2D eigenvalue weighted by Gasteiger charge is 2.22. The Balaban J connectivity index is 1.96. The molecule has 1 heterocycles. The van der Waals surface area contributed by atoms with Gasteiger partial charge in [-0.2, -0.15) is 5.10 Å². The number of hydrogen-bond donors (Lipinski definition) is 3. The van der Waals surface area contributed by atoms with Gasteiger partial charge in [-0.1, -0.05) is 73.5 Å². The van der Waals surface area contributed by atoms with Crippen molar-refractivity contribution >= 4 is 5.91 Å². The second kappa shape index (κ2) is 10.3. The Morgan fingerprint density at radius 3 is 2.17 bits per heavy atom. The molecular weight excluding hydrogens is 364 g/mol. The number of H-pyrrole nitrogens is 1. The molecule has 0 spiro atoms. The number of rotatable bonds is 9. The Kier molecular flexibility index (Phi) is 7.30. The molecule has 1 aromatic heterocycles. The molecule has 29 heavy (non-hydrogen) atoms. The number of unbranched alkanes of at least 4 members (excludes halogenated alkanes) is 3. The Morgan fingerprint density at radius 2 is 1.52 bits per heavy atom. The van der Waals surface area contributed by atoms with Gasteiger partial charge in [-0.05, 0) is 24.9 Å². The van der Waals surface area contributed by atoms with Crippen molar-refractivity contribution in [3.05, 3.63) is 76.6 Å². The number of nitrogens with two attached hydrogens (primary N) is 1. The number of aromatic amines is 1. The topological polar surface area (TPSA) is 101 Å². The van der Waals surface area contributed by atoms with E-state index < -0.39 is 5.56 Å². The largest absolute Gasteiger partial charge is 0.352 e. The van der Waals surface area contributed by atoms with Gasteiger partial charge in [0.15, 0.2) is 0 Å². The lowest BCUT2D eigenvalue weighted by Crippen LogP contribution is -2.32. The fourth-order valence-corrected chi connectivity index (χ4v) is 3.27. The van der Waals surface area contributed by atoms with Crippen LogP contribution < -0.4 is 16.6 Å². The molecule has 150 valence electrons. The number of aromatic nitrogens is 2. The highest BCUT2D eigenvalue weighted by Crippen LogP contribution is 2.31. The summed E-state index contributed by atoms with van der Waals surface area (Å²) in [7, 11) is 0. The van der Waals surface area contributed by atoms with Crippen molar-refractivity contribution in [2.24, 2.45) is 5.73 Å². The minimum absolute atomic E-state index is 0.0898. The molecule has 2 aromatic carbocycles. The average molecular weight is 390 g/mol. The van der Waals surface area contributed by atoms with E-state index in [0.717, 1.165) is 36.8 Å². The smallest absolute Gasteiger partial charge is 0.277 e. The van der Waals surface area contributed by atoms with Gasteiger partial charge in [0.2, 0.25) is 0 Å². The summed E-state index contributed by atoms with van der Waals surface area (Å²) in [5, 5.41) is 9.65. The van der Waals surface area contributed by atoms with Crippen molar-refractivity contribution in [3.63, 3.8) is 0 Å². The number of nitrogens with one attached hydrogen (secondary N) is 2. The van der Waals surface area contributed by atoms with Gasteiger partial charge in [0.25, 0.3) is 11.5 Å². The van der Waals surface area contributed by atoms with Crippen molar-refractivity contribution in [2.45, 2.75) is 25.7 Å². The average Bonchev–Trinajstić information content (AvgIpc) is 2.77. The van der Waals surface area contributed by atoms with Gasteiger partial charge in [0.1, 0.15) is 5.56 Å². The molecule has 0 aliphatic rings. The number of carbonyl (C=O) groups is 1. The fraction of sp³-hybridized carbons (Fsp3) is 0.261. The van der Waals surface area contributed by atoms with E-state index >= 15 is 0 Å². The maximum atomic E-state index is 13.0.